The number of hydrogen-bond acceptors (Lipinski definition) is 5. The monoisotopic (exact) mass is 273 g/mol. The van der Waals surface area contributed by atoms with Gasteiger partial charge in [-0.3, -0.25) is 0 Å². The number of methoxy groups -OCH3 is 2. The summed E-state index contributed by atoms with van der Waals surface area (Å²) in [4.78, 5) is 0. The van der Waals surface area contributed by atoms with Crippen LogP contribution in [0.15, 0.2) is 18.2 Å². The second kappa shape index (κ2) is 6.06. The lowest BCUT2D eigenvalue weighted by atomic mass is 10.0. The maximum Gasteiger partial charge on any atom is 0.147 e. The van der Waals surface area contributed by atoms with Crippen LogP contribution >= 0.6 is 0 Å². The molecule has 0 heterocycles. The van der Waals surface area contributed by atoms with E-state index in [-0.39, 0.29) is 5.75 Å². The quantitative estimate of drug-likeness (QED) is 0.840. The zero-order valence-electron chi connectivity index (χ0n) is 10.8. The SMILES string of the molecule is COc1cccc(OC)c1C(N)CCS(C)(=O)=O. The van der Waals surface area contributed by atoms with Crippen LogP contribution in [0.2, 0.25) is 0 Å². The fourth-order valence-corrected chi connectivity index (χ4v) is 2.41. The maximum absolute atomic E-state index is 11.2. The van der Waals surface area contributed by atoms with Crippen molar-refractivity contribution in [3.05, 3.63) is 23.8 Å². The molecule has 0 spiro atoms. The van der Waals surface area contributed by atoms with Crippen LogP contribution in [0.3, 0.4) is 0 Å². The molecule has 0 saturated heterocycles. The summed E-state index contributed by atoms with van der Waals surface area (Å²) in [5.74, 6) is 1.25. The van der Waals surface area contributed by atoms with Crippen molar-refractivity contribution in [2.24, 2.45) is 5.73 Å². The van der Waals surface area contributed by atoms with Gasteiger partial charge in [0, 0.05) is 12.3 Å². The molecule has 0 aliphatic heterocycles. The molecule has 0 fully saturated rings. The summed E-state index contributed by atoms with van der Waals surface area (Å²) in [7, 11) is 0.0585. The minimum atomic E-state index is -3.03. The van der Waals surface area contributed by atoms with Crippen LogP contribution in [0.1, 0.15) is 18.0 Å². The largest absolute Gasteiger partial charge is 0.496 e. The van der Waals surface area contributed by atoms with Gasteiger partial charge < -0.3 is 15.2 Å². The van der Waals surface area contributed by atoms with E-state index < -0.39 is 15.9 Å². The molecule has 18 heavy (non-hydrogen) atoms. The van der Waals surface area contributed by atoms with Crippen molar-refractivity contribution in [1.29, 1.82) is 0 Å². The number of ether oxygens (including phenoxy) is 2. The third kappa shape index (κ3) is 3.89. The third-order valence-corrected chi connectivity index (χ3v) is 3.61. The van der Waals surface area contributed by atoms with Gasteiger partial charge >= 0.3 is 0 Å². The van der Waals surface area contributed by atoms with E-state index in [9.17, 15) is 8.42 Å². The highest BCUT2D eigenvalue weighted by atomic mass is 32.2. The molecule has 0 amide bonds. The van der Waals surface area contributed by atoms with Gasteiger partial charge in [0.15, 0.2) is 0 Å². The Morgan fingerprint density at radius 3 is 2.11 bits per heavy atom. The first-order valence-corrected chi connectivity index (χ1v) is 7.59. The van der Waals surface area contributed by atoms with Crippen LogP contribution in [-0.4, -0.2) is 34.6 Å². The van der Waals surface area contributed by atoms with E-state index in [0.29, 0.717) is 23.5 Å². The smallest absolute Gasteiger partial charge is 0.147 e. The second-order valence-corrected chi connectivity index (χ2v) is 6.36. The predicted molar refractivity (Wildman–Crippen MR) is 70.8 cm³/mol. The normalized spacial score (nSPS) is 13.1. The Hall–Kier alpha value is -1.27. The summed E-state index contributed by atoms with van der Waals surface area (Å²) in [5.41, 5.74) is 6.73. The summed E-state index contributed by atoms with van der Waals surface area (Å²) in [6.07, 6.45) is 1.52. The Bertz CT molecular complexity index is 477. The molecule has 0 radical (unpaired) electrons. The predicted octanol–water partition coefficient (Wildman–Crippen LogP) is 1.14. The molecule has 6 heteroatoms. The second-order valence-electron chi connectivity index (χ2n) is 4.10. The highest BCUT2D eigenvalue weighted by molar-refractivity contribution is 7.90. The summed E-state index contributed by atoms with van der Waals surface area (Å²) in [6, 6.07) is 4.91. The fraction of sp³-hybridized carbons (Fsp3) is 0.500. The Balaban J connectivity index is 2.99. The van der Waals surface area contributed by atoms with Gasteiger partial charge in [0.1, 0.15) is 21.3 Å². The van der Waals surface area contributed by atoms with Gasteiger partial charge in [-0.05, 0) is 18.6 Å². The molecule has 2 N–H and O–H groups in total. The van der Waals surface area contributed by atoms with E-state index in [2.05, 4.69) is 0 Å². The van der Waals surface area contributed by atoms with Gasteiger partial charge in [-0.1, -0.05) is 6.07 Å². The average Bonchev–Trinajstić information content (AvgIpc) is 2.33. The van der Waals surface area contributed by atoms with Gasteiger partial charge in [0.25, 0.3) is 0 Å². The molecule has 5 nitrogen and oxygen atoms in total. The molecule has 1 aromatic carbocycles. The van der Waals surface area contributed by atoms with Crippen LogP contribution in [-0.2, 0) is 9.84 Å². The van der Waals surface area contributed by atoms with E-state index in [1.165, 1.54) is 6.26 Å². The number of sulfone groups is 1. The summed E-state index contributed by atoms with van der Waals surface area (Å²) >= 11 is 0. The molecule has 1 aromatic rings. The van der Waals surface area contributed by atoms with Gasteiger partial charge in [-0.25, -0.2) is 8.42 Å². The van der Waals surface area contributed by atoms with Crippen LogP contribution in [0, 0.1) is 0 Å². The minimum absolute atomic E-state index is 0.0371. The van der Waals surface area contributed by atoms with Crippen molar-refractivity contribution in [3.63, 3.8) is 0 Å². The van der Waals surface area contributed by atoms with E-state index >= 15 is 0 Å². The zero-order valence-corrected chi connectivity index (χ0v) is 11.7. The molecule has 102 valence electrons. The maximum atomic E-state index is 11.2. The van der Waals surface area contributed by atoms with E-state index in [0.717, 1.165) is 0 Å². The topological polar surface area (TPSA) is 78.6 Å². The third-order valence-electron chi connectivity index (χ3n) is 2.64. The first-order valence-electron chi connectivity index (χ1n) is 5.53. The zero-order chi connectivity index (χ0) is 13.8. The van der Waals surface area contributed by atoms with Crippen molar-refractivity contribution in [1.82, 2.24) is 0 Å². The van der Waals surface area contributed by atoms with Crippen molar-refractivity contribution < 1.29 is 17.9 Å². The molecule has 0 aromatic heterocycles. The Kier molecular flexibility index (Phi) is 4.98. The highest BCUT2D eigenvalue weighted by Crippen LogP contribution is 2.34. The van der Waals surface area contributed by atoms with Gasteiger partial charge in [-0.15, -0.1) is 0 Å². The van der Waals surface area contributed by atoms with E-state index in [1.54, 1.807) is 32.4 Å². The van der Waals surface area contributed by atoms with Crippen molar-refractivity contribution >= 4 is 9.84 Å². The number of nitrogens with two attached hydrogens (primary N) is 1. The van der Waals surface area contributed by atoms with E-state index in [1.807, 2.05) is 0 Å². The van der Waals surface area contributed by atoms with Crippen LogP contribution in [0.5, 0.6) is 11.5 Å². The number of benzene rings is 1. The molecule has 0 bridgehead atoms. The van der Waals surface area contributed by atoms with E-state index in [4.69, 9.17) is 15.2 Å². The highest BCUT2D eigenvalue weighted by Gasteiger charge is 2.18. The first-order chi connectivity index (χ1) is 8.39. The molecule has 1 unspecified atom stereocenters. The van der Waals surface area contributed by atoms with Crippen LogP contribution < -0.4 is 15.2 Å². The summed E-state index contributed by atoms with van der Waals surface area (Å²) in [6.45, 7) is 0. The molecular formula is C12H19NO4S. The van der Waals surface area contributed by atoms with Crippen molar-refractivity contribution in [2.45, 2.75) is 12.5 Å². The van der Waals surface area contributed by atoms with Crippen molar-refractivity contribution in [3.8, 4) is 11.5 Å². The van der Waals surface area contributed by atoms with Crippen LogP contribution in [0.25, 0.3) is 0 Å². The van der Waals surface area contributed by atoms with Crippen LogP contribution in [0.4, 0.5) is 0 Å². The number of rotatable bonds is 6. The Morgan fingerprint density at radius 2 is 1.72 bits per heavy atom. The van der Waals surface area contributed by atoms with Gasteiger partial charge in [0.05, 0.1) is 25.5 Å². The fourth-order valence-electron chi connectivity index (χ4n) is 1.73. The lowest BCUT2D eigenvalue weighted by molar-refractivity contribution is 0.378. The number of hydrogen-bond donors (Lipinski definition) is 1. The molecule has 1 atom stereocenters. The molecular weight excluding hydrogens is 254 g/mol. The molecule has 0 aliphatic carbocycles. The van der Waals surface area contributed by atoms with Gasteiger partial charge in [0.2, 0.25) is 0 Å². The molecule has 0 saturated carbocycles. The Morgan fingerprint density at radius 1 is 1.22 bits per heavy atom. The Labute approximate surface area is 108 Å². The van der Waals surface area contributed by atoms with Gasteiger partial charge in [-0.2, -0.15) is 0 Å². The minimum Gasteiger partial charge on any atom is -0.496 e. The first kappa shape index (κ1) is 14.8. The summed E-state index contributed by atoms with van der Waals surface area (Å²) < 4.78 is 32.8. The lowest BCUT2D eigenvalue weighted by Gasteiger charge is -2.18. The molecule has 1 rings (SSSR count). The van der Waals surface area contributed by atoms with Crippen molar-refractivity contribution in [2.75, 3.05) is 26.2 Å². The standard InChI is InChI=1S/C12H19NO4S/c1-16-10-5-4-6-11(17-2)12(10)9(13)7-8-18(3,14)15/h4-6,9H,7-8,13H2,1-3H3. The lowest BCUT2D eigenvalue weighted by Crippen LogP contribution is -2.17. The summed E-state index contributed by atoms with van der Waals surface area (Å²) in [5, 5.41) is 0. The average molecular weight is 273 g/mol. The molecule has 0 aliphatic rings.